The molecule has 0 bridgehead atoms. The van der Waals surface area contributed by atoms with Crippen molar-refractivity contribution in [2.24, 2.45) is 5.92 Å². The number of hydrogen-bond acceptors (Lipinski definition) is 6. The molecule has 280 valence electrons. The predicted octanol–water partition coefficient (Wildman–Crippen LogP) is 6.89. The molecule has 4 amide bonds. The van der Waals surface area contributed by atoms with Gasteiger partial charge in [-0.15, -0.1) is 0 Å². The van der Waals surface area contributed by atoms with E-state index in [1.807, 2.05) is 31.2 Å². The predicted molar refractivity (Wildman–Crippen MR) is 207 cm³/mol. The van der Waals surface area contributed by atoms with Crippen molar-refractivity contribution in [2.45, 2.75) is 69.1 Å². The molecule has 2 saturated heterocycles. The van der Waals surface area contributed by atoms with Crippen LogP contribution in [0.15, 0.2) is 103 Å². The molecule has 0 radical (unpaired) electrons. The lowest BCUT2D eigenvalue weighted by Gasteiger charge is -2.31. The Labute approximate surface area is 315 Å². The number of benzene rings is 4. The number of carbonyl (C=O) groups excluding carboxylic acids is 4. The average Bonchev–Trinajstić information content (AvgIpc) is 3.82. The number of rotatable bonds is 10. The minimum absolute atomic E-state index is 0.116. The second-order valence-electron chi connectivity index (χ2n) is 15.0. The van der Waals surface area contributed by atoms with E-state index in [2.05, 4.69) is 10.6 Å². The van der Waals surface area contributed by atoms with E-state index < -0.39 is 31.6 Å². The molecule has 10 nitrogen and oxygen atoms in total. The topological polar surface area (TPSA) is 128 Å². The van der Waals surface area contributed by atoms with Crippen LogP contribution in [0.2, 0.25) is 18.6 Å². The first kappa shape index (κ1) is 37.2. The maximum atomic E-state index is 16.5. The Bertz CT molecular complexity index is 2060. The number of fused-ring (bicyclic) bond motifs is 2. The van der Waals surface area contributed by atoms with Crippen LogP contribution in [0.4, 0.5) is 21.2 Å². The van der Waals surface area contributed by atoms with Crippen molar-refractivity contribution in [1.82, 2.24) is 4.90 Å². The van der Waals surface area contributed by atoms with Gasteiger partial charge >= 0.3 is 0 Å². The summed E-state index contributed by atoms with van der Waals surface area (Å²) in [6, 6.07) is 29.8. The van der Waals surface area contributed by atoms with E-state index in [0.29, 0.717) is 46.7 Å². The Morgan fingerprint density at radius 3 is 2.13 bits per heavy atom. The Kier molecular flexibility index (Phi) is 10.3. The first-order valence-corrected chi connectivity index (χ1v) is 21.4. The lowest BCUT2D eigenvalue weighted by atomic mass is 9.82. The van der Waals surface area contributed by atoms with Crippen molar-refractivity contribution in [3.63, 3.8) is 0 Å². The molecule has 2 fully saturated rings. The van der Waals surface area contributed by atoms with E-state index in [0.717, 1.165) is 12.0 Å². The minimum atomic E-state index is -3.58. The molecule has 0 unspecified atom stereocenters. The first-order chi connectivity index (χ1) is 25.9. The highest BCUT2D eigenvalue weighted by molar-refractivity contribution is 6.72. The number of aliphatic hydroxyl groups excluding tert-OH is 1. The third-order valence-electron chi connectivity index (χ3n) is 11.1. The zero-order valence-corrected chi connectivity index (χ0v) is 31.6. The molecular weight excluding hydrogens is 704 g/mol. The molecule has 0 aliphatic carbocycles. The van der Waals surface area contributed by atoms with Gasteiger partial charge in [0.25, 0.3) is 17.7 Å². The molecular formula is C42H45FN4O6Si. The summed E-state index contributed by atoms with van der Waals surface area (Å²) in [6.07, 6.45) is 0.445. The van der Waals surface area contributed by atoms with Crippen LogP contribution in [0.5, 0.6) is 0 Å². The lowest BCUT2D eigenvalue weighted by molar-refractivity contribution is -0.150. The highest BCUT2D eigenvalue weighted by atomic mass is 28.4. The van der Waals surface area contributed by atoms with Crippen molar-refractivity contribution < 1.29 is 33.1 Å². The number of nitrogens with one attached hydrogen (secondary N) is 2. The summed E-state index contributed by atoms with van der Waals surface area (Å²) in [7, 11) is -3.58. The van der Waals surface area contributed by atoms with Crippen LogP contribution in [0.3, 0.4) is 0 Å². The van der Waals surface area contributed by atoms with E-state index in [1.54, 1.807) is 102 Å². The Morgan fingerprint density at radius 2 is 1.52 bits per heavy atom. The summed E-state index contributed by atoms with van der Waals surface area (Å²) in [6.45, 7) is 5.47. The fourth-order valence-electron chi connectivity index (χ4n) is 8.64. The zero-order chi connectivity index (χ0) is 38.2. The summed E-state index contributed by atoms with van der Waals surface area (Å²) < 4.78 is 23.4. The van der Waals surface area contributed by atoms with Crippen LogP contribution in [-0.4, -0.2) is 67.3 Å². The number of aliphatic hydroxyl groups is 1. The van der Waals surface area contributed by atoms with Gasteiger partial charge in [-0.1, -0.05) is 55.5 Å². The SMILES string of the molecule is C[C@@H]1[C@@H]([Si](C)(C)F)[C@H](CC(=O)N2CCC[C@H]2CO)O[C@@]12C(=O)N(Cc1cccc(NC(=O)c3ccccc3)c1)c1ccc(NC(=O)c3ccccc3)cc12. The van der Waals surface area contributed by atoms with E-state index >= 15 is 8.90 Å². The number of carbonyl (C=O) groups is 4. The third kappa shape index (κ3) is 6.96. The van der Waals surface area contributed by atoms with Crippen LogP contribution < -0.4 is 15.5 Å². The molecule has 3 aliphatic rings. The van der Waals surface area contributed by atoms with Gasteiger partial charge in [0, 0.05) is 46.1 Å². The van der Waals surface area contributed by atoms with Gasteiger partial charge in [0.15, 0.2) is 5.60 Å². The number of amides is 4. The van der Waals surface area contributed by atoms with Crippen LogP contribution in [0.1, 0.15) is 58.0 Å². The van der Waals surface area contributed by atoms with Crippen LogP contribution >= 0.6 is 0 Å². The van der Waals surface area contributed by atoms with Crippen molar-refractivity contribution in [3.05, 3.63) is 125 Å². The van der Waals surface area contributed by atoms with Gasteiger partial charge in [0.2, 0.25) is 14.3 Å². The maximum absolute atomic E-state index is 16.5. The summed E-state index contributed by atoms with van der Waals surface area (Å²) in [4.78, 5) is 58.3. The number of likely N-dealkylation sites (tertiary alicyclic amines) is 1. The average molecular weight is 749 g/mol. The molecule has 3 heterocycles. The van der Waals surface area contributed by atoms with Crippen LogP contribution in [0, 0.1) is 5.92 Å². The Morgan fingerprint density at radius 1 is 0.889 bits per heavy atom. The van der Waals surface area contributed by atoms with Crippen molar-refractivity contribution >= 4 is 49.1 Å². The minimum Gasteiger partial charge on any atom is -0.394 e. The number of halogens is 1. The van der Waals surface area contributed by atoms with Gasteiger partial charge in [-0.3, -0.25) is 19.2 Å². The maximum Gasteiger partial charge on any atom is 0.264 e. The molecule has 0 saturated carbocycles. The molecule has 0 aromatic heterocycles. The van der Waals surface area contributed by atoms with Gasteiger partial charge in [0.05, 0.1) is 37.4 Å². The second-order valence-corrected chi connectivity index (χ2v) is 18.8. The van der Waals surface area contributed by atoms with Crippen LogP contribution in [0.25, 0.3) is 0 Å². The van der Waals surface area contributed by atoms with Crippen molar-refractivity contribution in [3.8, 4) is 0 Å². The number of anilines is 3. The largest absolute Gasteiger partial charge is 0.394 e. The lowest BCUT2D eigenvalue weighted by Crippen LogP contribution is -2.45. The van der Waals surface area contributed by atoms with Gasteiger partial charge < -0.3 is 34.4 Å². The van der Waals surface area contributed by atoms with Crippen molar-refractivity contribution in [1.29, 1.82) is 0 Å². The van der Waals surface area contributed by atoms with Crippen LogP contribution in [-0.2, 0) is 26.5 Å². The van der Waals surface area contributed by atoms with E-state index in [9.17, 15) is 19.5 Å². The van der Waals surface area contributed by atoms with Gasteiger partial charge in [-0.05, 0) is 86.1 Å². The summed E-state index contributed by atoms with van der Waals surface area (Å²) in [5.74, 6) is -1.88. The zero-order valence-electron chi connectivity index (χ0n) is 30.6. The Balaban J connectivity index is 1.25. The standard InChI is InChI=1S/C42H45FN4O6Si/c1-27-38(54(2,3)43)36(24-37(49)46-21-11-18-33(46)26-48)53-42(27)34-23-32(45-40(51)30-15-8-5-9-16-30)19-20-35(34)47(41(42)52)25-28-12-10-17-31(22-28)44-39(50)29-13-6-4-7-14-29/h4-10,12-17,19-20,22-23,27,33,36,38,48H,11,18,21,24-26H2,1-3H3,(H,44,50)(H,45,51)/t27-,33+,36+,38-,42+/m1/s1. The molecule has 12 heteroatoms. The van der Waals surface area contributed by atoms with Crippen molar-refractivity contribution in [2.75, 3.05) is 28.7 Å². The van der Waals surface area contributed by atoms with Gasteiger partial charge in [-0.2, -0.15) is 0 Å². The smallest absolute Gasteiger partial charge is 0.264 e. The highest BCUT2D eigenvalue weighted by Gasteiger charge is 2.67. The molecule has 4 aromatic carbocycles. The molecule has 7 rings (SSSR count). The molecule has 3 N–H and O–H groups in total. The van der Waals surface area contributed by atoms with E-state index in [1.165, 1.54) is 0 Å². The fourth-order valence-corrected chi connectivity index (χ4v) is 11.1. The number of ether oxygens (including phenoxy) is 1. The first-order valence-electron chi connectivity index (χ1n) is 18.5. The second kappa shape index (κ2) is 14.9. The van der Waals surface area contributed by atoms with E-state index in [-0.39, 0.29) is 49.2 Å². The molecule has 4 aromatic rings. The Hall–Kier alpha value is -5.17. The third-order valence-corrected chi connectivity index (χ3v) is 13.6. The number of nitrogens with zero attached hydrogens (tertiary/aromatic N) is 2. The van der Waals surface area contributed by atoms with Gasteiger partial charge in [0.1, 0.15) is 0 Å². The van der Waals surface area contributed by atoms with Gasteiger partial charge in [-0.25, -0.2) is 0 Å². The molecule has 54 heavy (non-hydrogen) atoms. The highest BCUT2D eigenvalue weighted by Crippen LogP contribution is 2.60. The summed E-state index contributed by atoms with van der Waals surface area (Å²) in [5.41, 5.74) is 1.38. The molecule has 5 atom stereocenters. The summed E-state index contributed by atoms with van der Waals surface area (Å²) in [5, 5.41) is 15.8. The van der Waals surface area contributed by atoms with E-state index in [4.69, 9.17) is 4.74 Å². The normalized spacial score (nSPS) is 23.5. The summed E-state index contributed by atoms with van der Waals surface area (Å²) >= 11 is 0. The monoisotopic (exact) mass is 748 g/mol. The molecule has 1 spiro atoms. The quantitative estimate of drug-likeness (QED) is 0.120. The fraction of sp³-hybridized carbons (Fsp3) is 0.333. The molecule has 3 aliphatic heterocycles. The number of hydrogen-bond donors (Lipinski definition) is 3.